The molecular formula is C17H22ClN3O. The first-order valence-corrected chi connectivity index (χ1v) is 7.83. The molecule has 0 heterocycles. The van der Waals surface area contributed by atoms with Gasteiger partial charge in [-0.05, 0) is 37.5 Å². The Morgan fingerprint density at radius 1 is 1.36 bits per heavy atom. The number of rotatable bonds is 7. The molecule has 0 radical (unpaired) electrons. The van der Waals surface area contributed by atoms with Gasteiger partial charge in [-0.15, -0.1) is 0 Å². The molecule has 0 atom stereocenters. The molecular weight excluding hydrogens is 298 g/mol. The summed E-state index contributed by atoms with van der Waals surface area (Å²) in [6.45, 7) is 7.61. The molecule has 0 unspecified atom stereocenters. The Kier molecular flexibility index (Phi) is 7.48. The van der Waals surface area contributed by atoms with E-state index < -0.39 is 5.91 Å². The summed E-state index contributed by atoms with van der Waals surface area (Å²) in [5.41, 5.74) is 1.51. The Bertz CT molecular complexity index is 584. The highest BCUT2D eigenvalue weighted by atomic mass is 35.5. The van der Waals surface area contributed by atoms with Gasteiger partial charge in [0.05, 0.1) is 0 Å². The van der Waals surface area contributed by atoms with Crippen molar-refractivity contribution in [2.75, 3.05) is 18.4 Å². The normalized spacial score (nSPS) is 11.0. The predicted octanol–water partition coefficient (Wildman–Crippen LogP) is 4.12. The van der Waals surface area contributed by atoms with Crippen LogP contribution in [-0.4, -0.2) is 23.9 Å². The zero-order valence-corrected chi connectivity index (χ0v) is 14.1. The highest BCUT2D eigenvalue weighted by Crippen LogP contribution is 2.23. The smallest absolute Gasteiger partial charge is 0.267 e. The van der Waals surface area contributed by atoms with Gasteiger partial charge in [0.25, 0.3) is 5.91 Å². The van der Waals surface area contributed by atoms with Crippen molar-refractivity contribution < 1.29 is 4.79 Å². The van der Waals surface area contributed by atoms with E-state index in [0.29, 0.717) is 10.7 Å². The first-order chi connectivity index (χ1) is 10.5. The lowest BCUT2D eigenvalue weighted by molar-refractivity contribution is -0.112. The summed E-state index contributed by atoms with van der Waals surface area (Å²) in [5, 5.41) is 12.6. The number of benzene rings is 1. The molecule has 0 aliphatic rings. The molecule has 0 saturated heterocycles. The van der Waals surface area contributed by atoms with E-state index in [2.05, 4.69) is 19.2 Å². The predicted molar refractivity (Wildman–Crippen MR) is 90.7 cm³/mol. The Morgan fingerprint density at radius 2 is 2.00 bits per heavy atom. The SMILES string of the molecule is CCCN(/C=C(/C#N)C(=O)Nc1cccc(Cl)c1C)CCC. The molecule has 0 aromatic heterocycles. The van der Waals surface area contributed by atoms with Gasteiger partial charge in [0.15, 0.2) is 0 Å². The number of carbonyl (C=O) groups excluding carboxylic acids is 1. The molecule has 1 aromatic carbocycles. The molecule has 1 N–H and O–H groups in total. The molecule has 1 amide bonds. The van der Waals surface area contributed by atoms with Gasteiger partial charge in [-0.25, -0.2) is 0 Å². The van der Waals surface area contributed by atoms with E-state index >= 15 is 0 Å². The quantitative estimate of drug-likeness (QED) is 0.607. The van der Waals surface area contributed by atoms with Crippen molar-refractivity contribution in [3.05, 3.63) is 40.6 Å². The lowest BCUT2D eigenvalue weighted by atomic mass is 10.2. The summed E-state index contributed by atoms with van der Waals surface area (Å²) in [5.74, 6) is -0.412. The molecule has 4 nitrogen and oxygen atoms in total. The lowest BCUT2D eigenvalue weighted by Crippen LogP contribution is -2.23. The molecule has 1 rings (SSSR count). The van der Waals surface area contributed by atoms with Crippen LogP contribution in [-0.2, 0) is 4.79 Å². The number of carbonyl (C=O) groups is 1. The molecule has 0 fully saturated rings. The summed E-state index contributed by atoms with van der Waals surface area (Å²) in [6, 6.07) is 7.27. The fraction of sp³-hybridized carbons (Fsp3) is 0.412. The standard InChI is InChI=1S/C17H22ClN3O/c1-4-9-21(10-5-2)12-14(11-19)17(22)20-16-8-6-7-15(18)13(16)3/h6-8,12H,4-5,9-10H2,1-3H3,(H,20,22)/b14-12-. The number of anilines is 1. The van der Waals surface area contributed by atoms with Crippen LogP contribution in [0.1, 0.15) is 32.3 Å². The van der Waals surface area contributed by atoms with Crippen LogP contribution in [0.25, 0.3) is 0 Å². The van der Waals surface area contributed by atoms with E-state index in [4.69, 9.17) is 11.6 Å². The zero-order chi connectivity index (χ0) is 16.5. The van der Waals surface area contributed by atoms with Crippen LogP contribution < -0.4 is 5.32 Å². The summed E-state index contributed by atoms with van der Waals surface area (Å²) in [4.78, 5) is 14.3. The van der Waals surface area contributed by atoms with Gasteiger partial charge in [-0.1, -0.05) is 31.5 Å². The van der Waals surface area contributed by atoms with E-state index in [1.54, 1.807) is 24.4 Å². The Balaban J connectivity index is 2.92. The Morgan fingerprint density at radius 3 is 2.55 bits per heavy atom. The number of nitrogens with one attached hydrogen (secondary N) is 1. The minimum absolute atomic E-state index is 0.0984. The maximum atomic E-state index is 12.3. The first kappa shape index (κ1) is 18.1. The molecule has 0 aliphatic heterocycles. The van der Waals surface area contributed by atoms with Gasteiger partial charge in [-0.3, -0.25) is 4.79 Å². The van der Waals surface area contributed by atoms with E-state index in [1.807, 2.05) is 17.9 Å². The topological polar surface area (TPSA) is 56.1 Å². The van der Waals surface area contributed by atoms with Crippen LogP contribution >= 0.6 is 11.6 Å². The number of hydrogen-bond acceptors (Lipinski definition) is 3. The third-order valence-corrected chi connectivity index (χ3v) is 3.62. The minimum Gasteiger partial charge on any atom is -0.376 e. The van der Waals surface area contributed by atoms with Crippen LogP contribution in [0.2, 0.25) is 5.02 Å². The van der Waals surface area contributed by atoms with Gasteiger partial charge in [-0.2, -0.15) is 5.26 Å². The number of nitriles is 1. The van der Waals surface area contributed by atoms with E-state index in [1.165, 1.54) is 0 Å². The zero-order valence-electron chi connectivity index (χ0n) is 13.3. The fourth-order valence-corrected chi connectivity index (χ4v) is 2.24. The van der Waals surface area contributed by atoms with Crippen molar-refractivity contribution in [3.63, 3.8) is 0 Å². The largest absolute Gasteiger partial charge is 0.376 e. The number of nitrogens with zero attached hydrogens (tertiary/aromatic N) is 2. The van der Waals surface area contributed by atoms with Crippen molar-refractivity contribution in [2.24, 2.45) is 0 Å². The highest BCUT2D eigenvalue weighted by molar-refractivity contribution is 6.31. The summed E-state index contributed by atoms with van der Waals surface area (Å²) in [7, 11) is 0. The molecule has 0 bridgehead atoms. The lowest BCUT2D eigenvalue weighted by Gasteiger charge is -2.19. The maximum Gasteiger partial charge on any atom is 0.267 e. The molecule has 5 heteroatoms. The van der Waals surface area contributed by atoms with Crippen molar-refractivity contribution in [2.45, 2.75) is 33.6 Å². The molecule has 0 aliphatic carbocycles. The van der Waals surface area contributed by atoms with Gasteiger partial charge in [0.2, 0.25) is 0 Å². The molecule has 22 heavy (non-hydrogen) atoms. The van der Waals surface area contributed by atoms with Crippen LogP contribution in [0.5, 0.6) is 0 Å². The van der Waals surface area contributed by atoms with Crippen molar-refractivity contribution in [1.29, 1.82) is 5.26 Å². The molecule has 1 aromatic rings. The second kappa shape index (κ2) is 9.11. The molecule has 0 spiro atoms. The van der Waals surface area contributed by atoms with Crippen LogP contribution in [0.3, 0.4) is 0 Å². The van der Waals surface area contributed by atoms with Gasteiger partial charge < -0.3 is 10.2 Å². The van der Waals surface area contributed by atoms with Crippen molar-refractivity contribution >= 4 is 23.2 Å². The second-order valence-electron chi connectivity index (χ2n) is 5.06. The van der Waals surface area contributed by atoms with E-state index in [0.717, 1.165) is 31.5 Å². The third-order valence-electron chi connectivity index (χ3n) is 3.21. The Hall–Kier alpha value is -1.99. The molecule has 118 valence electrons. The van der Waals surface area contributed by atoms with Crippen LogP contribution in [0.15, 0.2) is 30.0 Å². The summed E-state index contributed by atoms with van der Waals surface area (Å²) < 4.78 is 0. The van der Waals surface area contributed by atoms with Crippen LogP contribution in [0.4, 0.5) is 5.69 Å². The average molecular weight is 320 g/mol. The third kappa shape index (κ3) is 5.09. The van der Waals surface area contributed by atoms with Crippen LogP contribution in [0, 0.1) is 18.3 Å². The van der Waals surface area contributed by atoms with Gasteiger partial charge in [0, 0.05) is 30.0 Å². The molecule has 0 saturated carbocycles. The van der Waals surface area contributed by atoms with Crippen molar-refractivity contribution in [3.8, 4) is 6.07 Å². The second-order valence-corrected chi connectivity index (χ2v) is 5.46. The van der Waals surface area contributed by atoms with Gasteiger partial charge >= 0.3 is 0 Å². The Labute approximate surface area is 137 Å². The van der Waals surface area contributed by atoms with Gasteiger partial charge in [0.1, 0.15) is 11.6 Å². The first-order valence-electron chi connectivity index (χ1n) is 7.45. The van der Waals surface area contributed by atoms with E-state index in [9.17, 15) is 10.1 Å². The van der Waals surface area contributed by atoms with Crippen molar-refractivity contribution in [1.82, 2.24) is 4.90 Å². The number of amides is 1. The maximum absolute atomic E-state index is 12.3. The average Bonchev–Trinajstić information content (AvgIpc) is 2.49. The number of hydrogen-bond donors (Lipinski definition) is 1. The number of halogens is 1. The fourth-order valence-electron chi connectivity index (χ4n) is 2.07. The summed E-state index contributed by atoms with van der Waals surface area (Å²) >= 11 is 6.04. The highest BCUT2D eigenvalue weighted by Gasteiger charge is 2.13. The van der Waals surface area contributed by atoms with E-state index in [-0.39, 0.29) is 5.57 Å². The summed E-state index contributed by atoms with van der Waals surface area (Å²) in [6.07, 6.45) is 3.57. The minimum atomic E-state index is -0.412. The monoisotopic (exact) mass is 319 g/mol.